The molecule has 37 heavy (non-hydrogen) atoms. The molecule has 0 aliphatic rings. The second-order valence-corrected chi connectivity index (χ2v) is 12.7. The molecule has 0 bridgehead atoms. The van der Waals surface area contributed by atoms with Crippen LogP contribution in [0.3, 0.4) is 0 Å². The van der Waals surface area contributed by atoms with E-state index in [1.54, 1.807) is 7.11 Å². The quantitative estimate of drug-likeness (QED) is 0.0643. The molecule has 0 rings (SSSR count). The average molecular weight is 556 g/mol. The van der Waals surface area contributed by atoms with Crippen LogP contribution in [0.15, 0.2) is 0 Å². The Labute approximate surface area is 229 Å². The van der Waals surface area contributed by atoms with Crippen molar-refractivity contribution in [3.63, 3.8) is 0 Å². The summed E-state index contributed by atoms with van der Waals surface area (Å²) < 4.78 is 34.0. The zero-order valence-electron chi connectivity index (χ0n) is 25.1. The lowest BCUT2D eigenvalue weighted by Gasteiger charge is -2.31. The van der Waals surface area contributed by atoms with E-state index in [1.807, 2.05) is 28.1 Å². The first-order valence-corrected chi connectivity index (χ1v) is 16.2. The maximum absolute atomic E-state index is 12.1. The normalized spacial score (nSPS) is 15.2. The van der Waals surface area contributed by atoms with Crippen LogP contribution in [0.4, 0.5) is 0 Å². The number of hydrogen-bond donors (Lipinski definition) is 1. The van der Waals surface area contributed by atoms with Gasteiger partial charge in [0.25, 0.3) is 0 Å². The van der Waals surface area contributed by atoms with Crippen molar-refractivity contribution in [2.24, 2.45) is 0 Å². The molecule has 0 saturated carbocycles. The molecule has 0 aromatic rings. The van der Waals surface area contributed by atoms with Crippen molar-refractivity contribution in [2.45, 2.75) is 129 Å². The lowest BCUT2D eigenvalue weighted by atomic mass is 10.0. The zero-order valence-corrected chi connectivity index (χ0v) is 26.0. The first-order valence-electron chi connectivity index (χ1n) is 14.7. The highest BCUT2D eigenvalue weighted by Gasteiger charge is 2.27. The summed E-state index contributed by atoms with van der Waals surface area (Å²) in [7, 11) is 3.47. The number of hydrogen-bond acceptors (Lipinski definition) is 6. The minimum Gasteiger partial charge on any atom is -0.870 e. The fourth-order valence-corrected chi connectivity index (χ4v) is 4.62. The van der Waals surface area contributed by atoms with Crippen molar-refractivity contribution in [3.8, 4) is 0 Å². The zero-order chi connectivity index (χ0) is 27.1. The summed E-state index contributed by atoms with van der Waals surface area (Å²) in [5, 5.41) is 0. The first kappa shape index (κ1) is 39.1. The van der Waals surface area contributed by atoms with Gasteiger partial charge in [0.15, 0.2) is 0 Å². The van der Waals surface area contributed by atoms with Crippen LogP contribution >= 0.6 is 7.82 Å². The Hall–Kier alpha value is -0.0500. The summed E-state index contributed by atoms with van der Waals surface area (Å²) in [4.78, 5) is 9.91. The number of quaternary nitrogens is 1. The predicted molar refractivity (Wildman–Crippen MR) is 152 cm³/mol. The molecule has 2 N–H and O–H groups in total. The highest BCUT2D eigenvalue weighted by molar-refractivity contribution is 7.47. The molecular formula is C28H62NO7P. The average Bonchev–Trinajstić information content (AvgIpc) is 2.83. The van der Waals surface area contributed by atoms with Crippen LogP contribution in [0.2, 0.25) is 0 Å². The van der Waals surface area contributed by atoms with Crippen molar-refractivity contribution in [2.75, 3.05) is 54.7 Å². The Balaban J connectivity index is 0. The molecule has 8 nitrogen and oxygen atoms in total. The number of methoxy groups -OCH3 is 1. The van der Waals surface area contributed by atoms with Gasteiger partial charge in [0.05, 0.1) is 34.4 Å². The number of unbranched alkanes of at least 4 members (excludes halogenated alkanes) is 15. The van der Waals surface area contributed by atoms with Gasteiger partial charge < -0.3 is 24.3 Å². The molecular weight excluding hydrogens is 493 g/mol. The first-order chi connectivity index (χ1) is 17.1. The largest absolute Gasteiger partial charge is 0.870 e. The van der Waals surface area contributed by atoms with Gasteiger partial charge in [0.2, 0.25) is 0 Å². The molecule has 0 heterocycles. The topological polar surface area (TPSA) is 104 Å². The second kappa shape index (κ2) is 25.0. The molecule has 9 heteroatoms. The number of ether oxygens (including phenoxy) is 2. The SMILES string of the molecule is CCCCCCCCCCCCCCCCCCOCC(COP(=O)(O)OC[C@@H](C)[N+](C)(C)C)OC.[OH-]. The van der Waals surface area contributed by atoms with E-state index < -0.39 is 13.9 Å². The fourth-order valence-electron chi connectivity index (χ4n) is 3.79. The second-order valence-electron chi connectivity index (χ2n) is 11.3. The Morgan fingerprint density at radius 2 is 1.11 bits per heavy atom. The third kappa shape index (κ3) is 26.0. The van der Waals surface area contributed by atoms with Crippen LogP contribution in [-0.2, 0) is 23.1 Å². The molecule has 0 aliphatic carbocycles. The molecule has 0 aliphatic heterocycles. The summed E-state index contributed by atoms with van der Waals surface area (Å²) >= 11 is 0. The molecule has 0 aromatic heterocycles. The Kier molecular flexibility index (Phi) is 26.4. The van der Waals surface area contributed by atoms with E-state index in [0.29, 0.717) is 17.7 Å². The van der Waals surface area contributed by atoms with E-state index in [0.717, 1.165) is 6.42 Å². The summed E-state index contributed by atoms with van der Waals surface area (Å²) in [6, 6.07) is 0.0651. The highest BCUT2D eigenvalue weighted by Crippen LogP contribution is 2.43. The van der Waals surface area contributed by atoms with E-state index >= 15 is 0 Å². The van der Waals surface area contributed by atoms with Gasteiger partial charge in [-0.2, -0.15) is 0 Å². The van der Waals surface area contributed by atoms with E-state index in [2.05, 4.69) is 6.92 Å². The molecule has 0 saturated heterocycles. The number of likely N-dealkylation sites (N-methyl/N-ethyl adjacent to an activating group) is 1. The Morgan fingerprint density at radius 3 is 1.51 bits per heavy atom. The minimum absolute atomic E-state index is 0. The maximum Gasteiger partial charge on any atom is 0.472 e. The maximum atomic E-state index is 12.1. The molecule has 0 fully saturated rings. The molecule has 226 valence electrons. The van der Waals surface area contributed by atoms with Crippen LogP contribution in [0.5, 0.6) is 0 Å². The standard InChI is InChI=1S/C28H60NO6P.H2O/c1-7-8-9-10-11-12-13-14-15-16-17-18-19-20-21-22-23-33-25-28(32-6)26-35-36(30,31)34-24-27(2)29(3,4)5;/h27-28H,7-26H2,1-6H3;1H2/t27-,28?;/m1./s1. The van der Waals surface area contributed by atoms with Crippen LogP contribution in [0, 0.1) is 0 Å². The van der Waals surface area contributed by atoms with Gasteiger partial charge in [0, 0.05) is 13.7 Å². The van der Waals surface area contributed by atoms with Gasteiger partial charge in [0.1, 0.15) is 18.8 Å². The number of nitrogens with zero attached hydrogens (tertiary/aromatic N) is 1. The van der Waals surface area contributed by atoms with Crippen LogP contribution in [-0.4, -0.2) is 81.7 Å². The predicted octanol–water partition coefficient (Wildman–Crippen LogP) is 7.33. The van der Waals surface area contributed by atoms with Gasteiger partial charge >= 0.3 is 7.82 Å². The number of phosphoric acid groups is 1. The van der Waals surface area contributed by atoms with E-state index in [4.69, 9.17) is 18.5 Å². The summed E-state index contributed by atoms with van der Waals surface area (Å²) in [5.41, 5.74) is 0. The van der Waals surface area contributed by atoms with Crippen molar-refractivity contribution < 1.29 is 37.9 Å². The lowest BCUT2D eigenvalue weighted by Crippen LogP contribution is -2.45. The van der Waals surface area contributed by atoms with Crippen molar-refractivity contribution in [1.29, 1.82) is 0 Å². The van der Waals surface area contributed by atoms with Gasteiger partial charge in [-0.15, -0.1) is 0 Å². The third-order valence-corrected chi connectivity index (χ3v) is 7.95. The number of phosphoric ester groups is 1. The fraction of sp³-hybridized carbons (Fsp3) is 1.00. The van der Waals surface area contributed by atoms with Gasteiger partial charge in [-0.25, -0.2) is 4.57 Å². The third-order valence-electron chi connectivity index (χ3n) is 7.00. The molecule has 3 atom stereocenters. The molecule has 0 radical (unpaired) electrons. The summed E-state index contributed by atoms with van der Waals surface area (Å²) in [6.07, 6.45) is 21.2. The number of rotatable bonds is 27. The molecule has 0 aromatic carbocycles. The van der Waals surface area contributed by atoms with Gasteiger partial charge in [-0.1, -0.05) is 103 Å². The molecule has 2 unspecified atom stereocenters. The van der Waals surface area contributed by atoms with Gasteiger partial charge in [-0.05, 0) is 13.3 Å². The van der Waals surface area contributed by atoms with Crippen molar-refractivity contribution in [1.82, 2.24) is 0 Å². The smallest absolute Gasteiger partial charge is 0.472 e. The van der Waals surface area contributed by atoms with Gasteiger partial charge in [-0.3, -0.25) is 9.05 Å². The minimum atomic E-state index is -4.11. The molecule has 0 amide bonds. The van der Waals surface area contributed by atoms with E-state index in [9.17, 15) is 9.46 Å². The Morgan fingerprint density at radius 1 is 0.703 bits per heavy atom. The highest BCUT2D eigenvalue weighted by atomic mass is 31.2. The summed E-state index contributed by atoms with van der Waals surface area (Å²) in [5.74, 6) is 0. The lowest BCUT2D eigenvalue weighted by molar-refractivity contribution is -0.894. The Bertz CT molecular complexity index is 531. The monoisotopic (exact) mass is 555 g/mol. The van der Waals surface area contributed by atoms with Crippen LogP contribution in [0.1, 0.15) is 117 Å². The van der Waals surface area contributed by atoms with E-state index in [-0.39, 0.29) is 24.7 Å². The van der Waals surface area contributed by atoms with Crippen LogP contribution in [0.25, 0.3) is 0 Å². The van der Waals surface area contributed by atoms with Crippen molar-refractivity contribution in [3.05, 3.63) is 0 Å². The summed E-state index contributed by atoms with van der Waals surface area (Å²) in [6.45, 7) is 5.35. The van der Waals surface area contributed by atoms with E-state index in [1.165, 1.54) is 96.3 Å². The molecule has 0 spiro atoms. The van der Waals surface area contributed by atoms with Crippen LogP contribution < -0.4 is 0 Å². The van der Waals surface area contributed by atoms with Crippen molar-refractivity contribution >= 4 is 7.82 Å².